The Kier molecular flexibility index (Phi) is 3.63. The lowest BCUT2D eigenvalue weighted by molar-refractivity contribution is 0.102. The van der Waals surface area contributed by atoms with Gasteiger partial charge in [0.05, 0.1) is 4.90 Å². The Morgan fingerprint density at radius 1 is 1.25 bits per heavy atom. The lowest BCUT2D eigenvalue weighted by Gasteiger charge is -2.07. The summed E-state index contributed by atoms with van der Waals surface area (Å²) in [6.45, 7) is 3.56. The third-order valence-corrected chi connectivity index (χ3v) is 3.94. The van der Waals surface area contributed by atoms with Crippen molar-refractivity contribution in [3.8, 4) is 0 Å². The molecule has 7 heteroatoms. The number of anilines is 1. The summed E-state index contributed by atoms with van der Waals surface area (Å²) in [7, 11) is -3.35. The van der Waals surface area contributed by atoms with Gasteiger partial charge in [-0.15, -0.1) is 0 Å². The quantitative estimate of drug-likeness (QED) is 0.900. The molecular weight excluding hydrogens is 278 g/mol. The van der Waals surface area contributed by atoms with Crippen LogP contribution >= 0.6 is 0 Å². The molecule has 2 N–H and O–H groups in total. The summed E-state index contributed by atoms with van der Waals surface area (Å²) in [6, 6.07) is 6.16. The molecule has 0 aliphatic rings. The van der Waals surface area contributed by atoms with Crippen molar-refractivity contribution >= 4 is 21.6 Å². The van der Waals surface area contributed by atoms with E-state index in [0.29, 0.717) is 16.9 Å². The molecule has 0 unspecified atom stereocenters. The number of hydrogen-bond acceptors (Lipinski definition) is 4. The first-order valence-corrected chi connectivity index (χ1v) is 7.80. The molecule has 0 atom stereocenters. The van der Waals surface area contributed by atoms with E-state index in [1.807, 2.05) is 6.92 Å². The number of amides is 1. The van der Waals surface area contributed by atoms with E-state index in [1.165, 1.54) is 12.1 Å². The average Bonchev–Trinajstić information content (AvgIpc) is 2.73. The molecule has 0 fully saturated rings. The van der Waals surface area contributed by atoms with Gasteiger partial charge >= 0.3 is 0 Å². The molecule has 1 aromatic carbocycles. The third kappa shape index (κ3) is 3.05. The van der Waals surface area contributed by atoms with Gasteiger partial charge in [0, 0.05) is 23.6 Å². The highest BCUT2D eigenvalue weighted by molar-refractivity contribution is 7.90. The molecule has 6 nitrogen and oxygen atoms in total. The zero-order chi connectivity index (χ0) is 14.9. The van der Waals surface area contributed by atoms with Crippen molar-refractivity contribution in [3.05, 3.63) is 41.1 Å². The number of nitrogens with zero attached hydrogens (tertiary/aromatic N) is 1. The number of H-pyrrole nitrogens is 1. The molecule has 2 aromatic rings. The van der Waals surface area contributed by atoms with Crippen molar-refractivity contribution in [1.82, 2.24) is 10.2 Å². The maximum absolute atomic E-state index is 12.2. The van der Waals surface area contributed by atoms with Crippen LogP contribution in [-0.4, -0.2) is 30.8 Å². The van der Waals surface area contributed by atoms with E-state index < -0.39 is 9.84 Å². The van der Waals surface area contributed by atoms with Gasteiger partial charge in [-0.1, -0.05) is 6.07 Å². The highest BCUT2D eigenvalue weighted by Crippen LogP contribution is 2.17. The molecule has 0 aliphatic heterocycles. The fourth-order valence-corrected chi connectivity index (χ4v) is 2.39. The Labute approximate surface area is 117 Å². The number of carbonyl (C=O) groups excluding carboxylic acids is 1. The summed E-state index contributed by atoms with van der Waals surface area (Å²) in [5.41, 5.74) is 1.83. The van der Waals surface area contributed by atoms with Crippen LogP contribution in [0.1, 0.15) is 21.6 Å². The van der Waals surface area contributed by atoms with E-state index in [1.54, 1.807) is 19.1 Å². The Morgan fingerprint density at radius 3 is 2.50 bits per heavy atom. The number of sulfone groups is 1. The second-order valence-electron chi connectivity index (χ2n) is 4.64. The molecule has 1 amide bonds. The number of carbonyl (C=O) groups is 1. The number of aryl methyl sites for hydroxylation is 2. The molecule has 0 saturated carbocycles. The third-order valence-electron chi connectivity index (χ3n) is 2.83. The Morgan fingerprint density at radius 2 is 1.95 bits per heavy atom. The zero-order valence-electron chi connectivity index (χ0n) is 11.4. The molecular formula is C13H15N3O3S. The smallest absolute Gasteiger partial charge is 0.257 e. The van der Waals surface area contributed by atoms with Crippen LogP contribution in [0, 0.1) is 13.8 Å². The molecule has 106 valence electrons. The van der Waals surface area contributed by atoms with Crippen molar-refractivity contribution < 1.29 is 13.2 Å². The van der Waals surface area contributed by atoms with E-state index in [2.05, 4.69) is 15.5 Å². The highest BCUT2D eigenvalue weighted by Gasteiger charge is 2.15. The van der Waals surface area contributed by atoms with Crippen LogP contribution in [0.15, 0.2) is 29.2 Å². The second kappa shape index (κ2) is 5.09. The van der Waals surface area contributed by atoms with Gasteiger partial charge in [-0.05, 0) is 31.5 Å². The highest BCUT2D eigenvalue weighted by atomic mass is 32.2. The molecule has 1 heterocycles. The summed E-state index contributed by atoms with van der Waals surface area (Å²) in [5.74, 6) is 0.0103. The summed E-state index contributed by atoms with van der Waals surface area (Å²) in [4.78, 5) is 12.3. The number of aromatic amines is 1. The minimum Gasteiger partial charge on any atom is -0.305 e. The first kappa shape index (κ1) is 14.3. The van der Waals surface area contributed by atoms with E-state index in [-0.39, 0.29) is 10.8 Å². The van der Waals surface area contributed by atoms with Crippen LogP contribution in [0.2, 0.25) is 0 Å². The Bertz CT molecular complexity index is 763. The molecule has 1 aromatic heterocycles. The minimum atomic E-state index is -3.35. The molecule has 20 heavy (non-hydrogen) atoms. The second-order valence-corrected chi connectivity index (χ2v) is 6.65. The number of hydrogen-bond donors (Lipinski definition) is 2. The molecule has 0 radical (unpaired) electrons. The lowest BCUT2D eigenvalue weighted by atomic mass is 10.1. The van der Waals surface area contributed by atoms with Crippen molar-refractivity contribution in [2.24, 2.45) is 0 Å². The fraction of sp³-hybridized carbons (Fsp3) is 0.231. The normalized spacial score (nSPS) is 11.3. The monoisotopic (exact) mass is 293 g/mol. The van der Waals surface area contributed by atoms with Gasteiger partial charge in [0.2, 0.25) is 0 Å². The SMILES string of the molecule is Cc1cc(NC(=O)c2cc(S(C)(=O)=O)ccc2C)n[nH]1. The Hall–Kier alpha value is -2.15. The van der Waals surface area contributed by atoms with Crippen molar-refractivity contribution in [2.75, 3.05) is 11.6 Å². The maximum atomic E-state index is 12.2. The standard InChI is InChI=1S/C13H15N3O3S/c1-8-4-5-10(20(3,18)19)7-11(8)13(17)14-12-6-9(2)15-16-12/h4-7H,1-3H3,(H2,14,15,16,17). The van der Waals surface area contributed by atoms with Gasteiger partial charge in [-0.25, -0.2) is 8.42 Å². The van der Waals surface area contributed by atoms with Crippen LogP contribution in [0.4, 0.5) is 5.82 Å². The van der Waals surface area contributed by atoms with E-state index in [9.17, 15) is 13.2 Å². The fourth-order valence-electron chi connectivity index (χ4n) is 1.74. The van der Waals surface area contributed by atoms with Crippen LogP contribution < -0.4 is 5.32 Å². The van der Waals surface area contributed by atoms with E-state index >= 15 is 0 Å². The van der Waals surface area contributed by atoms with Crippen molar-refractivity contribution in [3.63, 3.8) is 0 Å². The predicted molar refractivity (Wildman–Crippen MR) is 75.6 cm³/mol. The van der Waals surface area contributed by atoms with Crippen LogP contribution in [0.25, 0.3) is 0 Å². The van der Waals surface area contributed by atoms with Crippen molar-refractivity contribution in [2.45, 2.75) is 18.7 Å². The molecule has 2 rings (SSSR count). The molecule has 0 bridgehead atoms. The van der Waals surface area contributed by atoms with Gasteiger partial charge in [0.25, 0.3) is 5.91 Å². The van der Waals surface area contributed by atoms with Gasteiger partial charge in [-0.3, -0.25) is 9.89 Å². The number of rotatable bonds is 3. The summed E-state index contributed by atoms with van der Waals surface area (Å²) < 4.78 is 23.1. The number of aromatic nitrogens is 2. The van der Waals surface area contributed by atoms with Crippen LogP contribution in [0.3, 0.4) is 0 Å². The van der Waals surface area contributed by atoms with Crippen molar-refractivity contribution in [1.29, 1.82) is 0 Å². The predicted octanol–water partition coefficient (Wildman–Crippen LogP) is 1.68. The van der Waals surface area contributed by atoms with Gasteiger partial charge in [-0.2, -0.15) is 5.10 Å². The summed E-state index contributed by atoms with van der Waals surface area (Å²) >= 11 is 0. The molecule has 0 aliphatic carbocycles. The van der Waals surface area contributed by atoms with E-state index in [0.717, 1.165) is 11.9 Å². The summed E-state index contributed by atoms with van der Waals surface area (Å²) in [6.07, 6.45) is 1.11. The first-order valence-electron chi connectivity index (χ1n) is 5.91. The number of nitrogens with one attached hydrogen (secondary N) is 2. The summed E-state index contributed by atoms with van der Waals surface area (Å²) in [5, 5.41) is 9.24. The average molecular weight is 293 g/mol. The van der Waals surface area contributed by atoms with Gasteiger partial charge < -0.3 is 5.32 Å². The largest absolute Gasteiger partial charge is 0.305 e. The number of benzene rings is 1. The molecule has 0 saturated heterocycles. The first-order chi connectivity index (χ1) is 9.27. The van der Waals surface area contributed by atoms with Crippen LogP contribution in [-0.2, 0) is 9.84 Å². The van der Waals surface area contributed by atoms with Gasteiger partial charge in [0.1, 0.15) is 0 Å². The maximum Gasteiger partial charge on any atom is 0.257 e. The zero-order valence-corrected chi connectivity index (χ0v) is 12.2. The lowest BCUT2D eigenvalue weighted by Crippen LogP contribution is -2.14. The van der Waals surface area contributed by atoms with Crippen LogP contribution in [0.5, 0.6) is 0 Å². The topological polar surface area (TPSA) is 91.9 Å². The van der Waals surface area contributed by atoms with Gasteiger partial charge in [0.15, 0.2) is 15.7 Å². The van der Waals surface area contributed by atoms with E-state index in [4.69, 9.17) is 0 Å². The minimum absolute atomic E-state index is 0.117. The molecule has 0 spiro atoms. The Balaban J connectivity index is 2.34.